The number of ether oxygens (including phenoxy) is 3. The largest absolute Gasteiger partial charge is 0.454 e. The van der Waals surface area contributed by atoms with Gasteiger partial charge in [-0.05, 0) is 12.1 Å². The first-order valence-corrected chi connectivity index (χ1v) is 7.99. The van der Waals surface area contributed by atoms with Gasteiger partial charge in [-0.3, -0.25) is 9.59 Å². The van der Waals surface area contributed by atoms with Crippen LogP contribution in [0.1, 0.15) is 17.4 Å². The third kappa shape index (κ3) is 4.23. The van der Waals surface area contributed by atoms with Crippen LogP contribution in [-0.2, 0) is 14.3 Å². The van der Waals surface area contributed by atoms with Gasteiger partial charge in [-0.2, -0.15) is 0 Å². The Balaban J connectivity index is 1.51. The molecule has 0 radical (unpaired) electrons. The zero-order valence-corrected chi connectivity index (χ0v) is 13.8. The van der Waals surface area contributed by atoms with Gasteiger partial charge in [-0.25, -0.2) is 9.78 Å². The minimum Gasteiger partial charge on any atom is -0.454 e. The van der Waals surface area contributed by atoms with E-state index < -0.39 is 18.5 Å². The molecule has 1 aromatic heterocycles. The van der Waals surface area contributed by atoms with Crippen molar-refractivity contribution in [1.82, 2.24) is 4.98 Å². The fourth-order valence-corrected chi connectivity index (χ4v) is 2.68. The van der Waals surface area contributed by atoms with Crippen LogP contribution >= 0.6 is 11.3 Å². The van der Waals surface area contributed by atoms with Crippen molar-refractivity contribution in [1.29, 1.82) is 0 Å². The van der Waals surface area contributed by atoms with E-state index in [0.717, 1.165) is 11.3 Å². The summed E-state index contributed by atoms with van der Waals surface area (Å²) in [5.74, 6) is -0.429. The summed E-state index contributed by atoms with van der Waals surface area (Å²) in [5, 5.41) is 6.76. The molecule has 1 aliphatic heterocycles. The molecule has 0 saturated heterocycles. The SMILES string of the molecule is CC(=O)Nc1nc(C(=O)OCC(=O)Nc2ccc3c(c2)OCO3)cs1. The molecule has 3 rings (SSSR count). The van der Waals surface area contributed by atoms with Crippen LogP contribution in [0.4, 0.5) is 10.8 Å². The van der Waals surface area contributed by atoms with E-state index in [0.29, 0.717) is 17.2 Å². The molecule has 0 bridgehead atoms. The molecule has 2 amide bonds. The molecule has 130 valence electrons. The Morgan fingerprint density at radius 3 is 2.84 bits per heavy atom. The van der Waals surface area contributed by atoms with Crippen LogP contribution in [0.15, 0.2) is 23.6 Å². The van der Waals surface area contributed by atoms with Gasteiger partial charge < -0.3 is 24.8 Å². The quantitative estimate of drug-likeness (QED) is 0.776. The van der Waals surface area contributed by atoms with Crippen molar-refractivity contribution in [2.24, 2.45) is 0 Å². The number of hydrogen-bond donors (Lipinski definition) is 2. The average molecular weight is 363 g/mol. The summed E-state index contributed by atoms with van der Waals surface area (Å²) in [6, 6.07) is 4.93. The Bertz CT molecular complexity index is 834. The molecule has 0 fully saturated rings. The van der Waals surface area contributed by atoms with Crippen molar-refractivity contribution < 1.29 is 28.6 Å². The van der Waals surface area contributed by atoms with Crippen molar-refractivity contribution in [2.45, 2.75) is 6.92 Å². The first kappa shape index (κ1) is 16.7. The molecule has 0 aliphatic carbocycles. The first-order chi connectivity index (χ1) is 12.0. The number of benzene rings is 1. The molecule has 2 heterocycles. The van der Waals surface area contributed by atoms with Gasteiger partial charge in [0.15, 0.2) is 28.9 Å². The summed E-state index contributed by atoms with van der Waals surface area (Å²) in [7, 11) is 0. The van der Waals surface area contributed by atoms with Crippen molar-refractivity contribution in [2.75, 3.05) is 24.0 Å². The Hall–Kier alpha value is -3.14. The summed E-state index contributed by atoms with van der Waals surface area (Å²) in [6.07, 6.45) is 0. The van der Waals surface area contributed by atoms with Gasteiger partial charge in [0.2, 0.25) is 12.7 Å². The third-order valence-electron chi connectivity index (χ3n) is 2.99. The summed E-state index contributed by atoms with van der Waals surface area (Å²) >= 11 is 1.08. The molecule has 1 aromatic carbocycles. The summed E-state index contributed by atoms with van der Waals surface area (Å²) in [6.45, 7) is 0.999. The second kappa shape index (κ2) is 7.18. The molecular formula is C15H13N3O6S. The zero-order valence-electron chi connectivity index (χ0n) is 13.0. The standard InChI is InChI=1S/C15H13N3O6S/c1-8(19)16-15-18-10(6-25-15)14(21)22-5-13(20)17-9-2-3-11-12(4-9)24-7-23-11/h2-4,6H,5,7H2,1H3,(H,17,20)(H,16,18,19). The molecule has 1 aliphatic rings. The molecule has 2 aromatic rings. The average Bonchev–Trinajstić information content (AvgIpc) is 3.20. The molecule has 25 heavy (non-hydrogen) atoms. The van der Waals surface area contributed by atoms with E-state index in [4.69, 9.17) is 14.2 Å². The second-order valence-corrected chi connectivity index (χ2v) is 5.77. The monoisotopic (exact) mass is 363 g/mol. The van der Waals surface area contributed by atoms with E-state index in [1.165, 1.54) is 12.3 Å². The Kier molecular flexibility index (Phi) is 4.80. The van der Waals surface area contributed by atoms with E-state index >= 15 is 0 Å². The van der Waals surface area contributed by atoms with Gasteiger partial charge in [-0.15, -0.1) is 11.3 Å². The van der Waals surface area contributed by atoms with Gasteiger partial charge in [0.05, 0.1) is 0 Å². The van der Waals surface area contributed by atoms with Gasteiger partial charge in [-0.1, -0.05) is 0 Å². The Morgan fingerprint density at radius 1 is 1.24 bits per heavy atom. The lowest BCUT2D eigenvalue weighted by molar-refractivity contribution is -0.119. The number of nitrogens with one attached hydrogen (secondary N) is 2. The molecule has 0 spiro atoms. The number of esters is 1. The van der Waals surface area contributed by atoms with Crippen molar-refractivity contribution >= 4 is 39.9 Å². The molecule has 0 unspecified atom stereocenters. The Morgan fingerprint density at radius 2 is 2.04 bits per heavy atom. The topological polar surface area (TPSA) is 116 Å². The predicted molar refractivity (Wildman–Crippen MR) is 87.9 cm³/mol. The molecule has 2 N–H and O–H groups in total. The summed E-state index contributed by atoms with van der Waals surface area (Å²) in [5.41, 5.74) is 0.511. The lowest BCUT2D eigenvalue weighted by Gasteiger charge is -2.06. The van der Waals surface area contributed by atoms with Crippen LogP contribution in [0.3, 0.4) is 0 Å². The lowest BCUT2D eigenvalue weighted by Crippen LogP contribution is -2.21. The number of rotatable bonds is 5. The number of hydrogen-bond acceptors (Lipinski definition) is 8. The molecular weight excluding hydrogens is 350 g/mol. The van der Waals surface area contributed by atoms with Crippen LogP contribution in [0.2, 0.25) is 0 Å². The van der Waals surface area contributed by atoms with Gasteiger partial charge in [0.1, 0.15) is 0 Å². The smallest absolute Gasteiger partial charge is 0.358 e. The van der Waals surface area contributed by atoms with Crippen LogP contribution in [-0.4, -0.2) is 36.2 Å². The number of carbonyl (C=O) groups is 3. The van der Waals surface area contributed by atoms with Crippen molar-refractivity contribution in [3.63, 3.8) is 0 Å². The normalized spacial score (nSPS) is 11.7. The highest BCUT2D eigenvalue weighted by molar-refractivity contribution is 7.14. The molecule has 10 heteroatoms. The summed E-state index contributed by atoms with van der Waals surface area (Å²) < 4.78 is 15.3. The van der Waals surface area contributed by atoms with E-state index in [9.17, 15) is 14.4 Å². The highest BCUT2D eigenvalue weighted by atomic mass is 32.1. The van der Waals surface area contributed by atoms with Crippen LogP contribution < -0.4 is 20.1 Å². The van der Waals surface area contributed by atoms with Gasteiger partial charge in [0.25, 0.3) is 5.91 Å². The second-order valence-electron chi connectivity index (χ2n) is 4.91. The maximum Gasteiger partial charge on any atom is 0.358 e. The van der Waals surface area contributed by atoms with Crippen LogP contribution in [0.25, 0.3) is 0 Å². The Labute approximate surface area is 145 Å². The number of thiazole rings is 1. The lowest BCUT2D eigenvalue weighted by atomic mass is 10.3. The van der Waals surface area contributed by atoms with Crippen molar-refractivity contribution in [3.8, 4) is 11.5 Å². The van der Waals surface area contributed by atoms with E-state index in [-0.39, 0.29) is 23.5 Å². The number of amides is 2. The van der Waals surface area contributed by atoms with E-state index in [1.54, 1.807) is 18.2 Å². The number of nitrogens with zero attached hydrogens (tertiary/aromatic N) is 1. The van der Waals surface area contributed by atoms with Gasteiger partial charge in [0, 0.05) is 24.1 Å². The van der Waals surface area contributed by atoms with Gasteiger partial charge >= 0.3 is 5.97 Å². The molecule has 9 nitrogen and oxygen atoms in total. The number of anilines is 2. The number of fused-ring (bicyclic) bond motifs is 1. The fourth-order valence-electron chi connectivity index (χ4n) is 1.95. The van der Waals surface area contributed by atoms with Crippen molar-refractivity contribution in [3.05, 3.63) is 29.3 Å². The maximum absolute atomic E-state index is 11.9. The number of aromatic nitrogens is 1. The minimum atomic E-state index is -0.756. The van der Waals surface area contributed by atoms with E-state index in [2.05, 4.69) is 15.6 Å². The number of carbonyl (C=O) groups excluding carboxylic acids is 3. The highest BCUT2D eigenvalue weighted by Crippen LogP contribution is 2.34. The minimum absolute atomic E-state index is 0.0182. The summed E-state index contributed by atoms with van der Waals surface area (Å²) in [4.78, 5) is 38.5. The third-order valence-corrected chi connectivity index (χ3v) is 3.74. The predicted octanol–water partition coefficient (Wildman–Crippen LogP) is 1.63. The first-order valence-electron chi connectivity index (χ1n) is 7.11. The molecule has 0 atom stereocenters. The fraction of sp³-hybridized carbons (Fsp3) is 0.200. The van der Waals surface area contributed by atoms with E-state index in [1.807, 2.05) is 0 Å². The zero-order chi connectivity index (χ0) is 17.8. The molecule has 0 saturated carbocycles. The van der Waals surface area contributed by atoms with Crippen LogP contribution in [0, 0.1) is 0 Å². The maximum atomic E-state index is 11.9. The highest BCUT2D eigenvalue weighted by Gasteiger charge is 2.16. The van der Waals surface area contributed by atoms with Crippen LogP contribution in [0.5, 0.6) is 11.5 Å².